The van der Waals surface area contributed by atoms with Crippen LogP contribution in [0.4, 0.5) is 0 Å². The average molecular weight is 282 g/mol. The zero-order valence-corrected chi connectivity index (χ0v) is 11.0. The number of esters is 1. The minimum atomic E-state index is -0.608. The molecule has 0 saturated carbocycles. The summed E-state index contributed by atoms with van der Waals surface area (Å²) in [6.45, 7) is 1.21. The molecule has 0 atom stereocenters. The number of ketones is 2. The van der Waals surface area contributed by atoms with Crippen molar-refractivity contribution in [2.45, 2.75) is 6.92 Å². The Morgan fingerprint density at radius 2 is 1.81 bits per heavy atom. The second kappa shape index (κ2) is 4.56. The van der Waals surface area contributed by atoms with E-state index in [0.29, 0.717) is 10.8 Å². The topological polar surface area (TPSA) is 80.7 Å². The maximum atomic E-state index is 12.1. The highest BCUT2D eigenvalue weighted by Crippen LogP contribution is 2.38. The number of hydrogen-bond donors (Lipinski definition) is 1. The molecule has 0 saturated heterocycles. The molecule has 0 heterocycles. The monoisotopic (exact) mass is 282 g/mol. The van der Waals surface area contributed by atoms with E-state index in [1.165, 1.54) is 19.1 Å². The van der Waals surface area contributed by atoms with Gasteiger partial charge in [-0.1, -0.05) is 12.1 Å². The van der Waals surface area contributed by atoms with Gasteiger partial charge in [0.2, 0.25) is 0 Å². The number of ether oxygens (including phenoxy) is 1. The Morgan fingerprint density at radius 3 is 2.52 bits per heavy atom. The van der Waals surface area contributed by atoms with Gasteiger partial charge in [0.1, 0.15) is 5.75 Å². The van der Waals surface area contributed by atoms with Crippen molar-refractivity contribution in [1.29, 1.82) is 0 Å². The average Bonchev–Trinajstić information content (AvgIpc) is 2.43. The van der Waals surface area contributed by atoms with Crippen LogP contribution in [0.3, 0.4) is 0 Å². The smallest absolute Gasteiger partial charge is 0.308 e. The molecule has 1 N–H and O–H groups in total. The predicted molar refractivity (Wildman–Crippen MR) is 74.7 cm³/mol. The third kappa shape index (κ3) is 1.99. The van der Waals surface area contributed by atoms with Crippen molar-refractivity contribution in [1.82, 2.24) is 0 Å². The first-order chi connectivity index (χ1) is 9.99. The molecule has 0 aromatic heterocycles. The Bertz CT molecular complexity index is 845. The lowest BCUT2D eigenvalue weighted by molar-refractivity contribution is -0.131. The van der Waals surface area contributed by atoms with Gasteiger partial charge in [0, 0.05) is 23.3 Å². The van der Waals surface area contributed by atoms with Crippen LogP contribution in [-0.4, -0.2) is 22.6 Å². The third-order valence-electron chi connectivity index (χ3n) is 3.26. The lowest BCUT2D eigenvalue weighted by Gasteiger charge is -2.16. The number of carbonyl (C=O) groups excluding carboxylic acids is 3. The van der Waals surface area contributed by atoms with Crippen LogP contribution in [0.1, 0.15) is 27.6 Å². The summed E-state index contributed by atoms with van der Waals surface area (Å²) in [6.07, 6.45) is 2.31. The number of fused-ring (bicyclic) bond motifs is 2. The van der Waals surface area contributed by atoms with Crippen LogP contribution in [-0.2, 0) is 4.79 Å². The summed E-state index contributed by atoms with van der Waals surface area (Å²) in [6, 6.07) is 6.08. The van der Waals surface area contributed by atoms with Crippen LogP contribution >= 0.6 is 0 Å². The van der Waals surface area contributed by atoms with E-state index in [0.717, 1.165) is 12.2 Å². The Hall–Kier alpha value is -2.95. The number of phenolic OH excluding ortho intramolecular Hbond substituents is 1. The van der Waals surface area contributed by atoms with E-state index in [4.69, 9.17) is 4.74 Å². The number of rotatable bonds is 1. The zero-order chi connectivity index (χ0) is 15.1. The molecule has 0 radical (unpaired) electrons. The molecule has 0 bridgehead atoms. The summed E-state index contributed by atoms with van der Waals surface area (Å²) < 4.78 is 5.14. The predicted octanol–water partition coefficient (Wildman–Crippen LogP) is 2.41. The molecule has 5 heteroatoms. The summed E-state index contributed by atoms with van der Waals surface area (Å²) >= 11 is 0. The van der Waals surface area contributed by atoms with Gasteiger partial charge in [-0.15, -0.1) is 0 Å². The van der Waals surface area contributed by atoms with E-state index in [1.54, 1.807) is 12.1 Å². The molecule has 3 rings (SSSR count). The fraction of sp³-hybridized carbons (Fsp3) is 0.0625. The highest BCUT2D eigenvalue weighted by Gasteiger charge is 2.27. The Balaban J connectivity index is 2.47. The Labute approximate surface area is 119 Å². The van der Waals surface area contributed by atoms with Crippen LogP contribution in [0.25, 0.3) is 10.8 Å². The van der Waals surface area contributed by atoms with Crippen molar-refractivity contribution in [3.05, 3.63) is 47.5 Å². The zero-order valence-electron chi connectivity index (χ0n) is 11.0. The summed E-state index contributed by atoms with van der Waals surface area (Å²) in [7, 11) is 0. The molecule has 2 aromatic carbocycles. The van der Waals surface area contributed by atoms with Gasteiger partial charge in [0.25, 0.3) is 0 Å². The summed E-state index contributed by atoms with van der Waals surface area (Å²) in [5, 5.41) is 10.7. The Kier molecular flexibility index (Phi) is 2.83. The van der Waals surface area contributed by atoms with Gasteiger partial charge in [-0.05, 0) is 24.3 Å². The quantitative estimate of drug-likeness (QED) is 0.641. The van der Waals surface area contributed by atoms with Gasteiger partial charge >= 0.3 is 5.97 Å². The molecule has 5 nitrogen and oxygen atoms in total. The summed E-state index contributed by atoms with van der Waals surface area (Å²) in [4.78, 5) is 35.3. The SMILES string of the molecule is CC(=O)Oc1c2c(cc3c(O)cccc13)C(=O)C=CC2=O. The van der Waals surface area contributed by atoms with Crippen molar-refractivity contribution in [2.75, 3.05) is 0 Å². The maximum absolute atomic E-state index is 12.1. The van der Waals surface area contributed by atoms with Crippen LogP contribution in [0, 0.1) is 0 Å². The minimum Gasteiger partial charge on any atom is -0.507 e. The van der Waals surface area contributed by atoms with Gasteiger partial charge in [-0.2, -0.15) is 0 Å². The van der Waals surface area contributed by atoms with Crippen molar-refractivity contribution in [2.24, 2.45) is 0 Å². The van der Waals surface area contributed by atoms with E-state index in [1.807, 2.05) is 0 Å². The molecule has 104 valence electrons. The first kappa shape index (κ1) is 13.1. The van der Waals surface area contributed by atoms with Crippen molar-refractivity contribution >= 4 is 28.3 Å². The van der Waals surface area contributed by atoms with Crippen LogP contribution < -0.4 is 4.74 Å². The summed E-state index contributed by atoms with van der Waals surface area (Å²) in [5.74, 6) is -1.44. The number of phenols is 1. The van der Waals surface area contributed by atoms with Gasteiger partial charge in [-0.3, -0.25) is 14.4 Å². The fourth-order valence-corrected chi connectivity index (χ4v) is 2.39. The molecule has 2 aromatic rings. The van der Waals surface area contributed by atoms with Crippen molar-refractivity contribution < 1.29 is 24.2 Å². The fourth-order valence-electron chi connectivity index (χ4n) is 2.39. The van der Waals surface area contributed by atoms with E-state index in [2.05, 4.69) is 0 Å². The third-order valence-corrected chi connectivity index (χ3v) is 3.26. The minimum absolute atomic E-state index is 0.00796. The number of benzene rings is 2. The van der Waals surface area contributed by atoms with E-state index < -0.39 is 11.8 Å². The lowest BCUT2D eigenvalue weighted by Crippen LogP contribution is -2.15. The molecule has 0 aliphatic heterocycles. The number of allylic oxidation sites excluding steroid dienone is 2. The van der Waals surface area contributed by atoms with Crippen LogP contribution in [0.2, 0.25) is 0 Å². The molecule has 1 aliphatic rings. The van der Waals surface area contributed by atoms with Crippen LogP contribution in [0.5, 0.6) is 11.5 Å². The molecule has 0 amide bonds. The van der Waals surface area contributed by atoms with Gasteiger partial charge < -0.3 is 9.84 Å². The largest absolute Gasteiger partial charge is 0.507 e. The highest BCUT2D eigenvalue weighted by atomic mass is 16.5. The summed E-state index contributed by atoms with van der Waals surface area (Å²) in [5.41, 5.74) is 0.170. The van der Waals surface area contributed by atoms with Gasteiger partial charge in [-0.25, -0.2) is 0 Å². The highest BCUT2D eigenvalue weighted by molar-refractivity contribution is 6.26. The molecular formula is C16H10O5. The number of hydrogen-bond acceptors (Lipinski definition) is 5. The van der Waals surface area contributed by atoms with E-state index >= 15 is 0 Å². The molecule has 0 unspecified atom stereocenters. The molecule has 1 aliphatic carbocycles. The lowest BCUT2D eigenvalue weighted by atomic mass is 9.90. The van der Waals surface area contributed by atoms with E-state index in [9.17, 15) is 19.5 Å². The second-order valence-corrected chi connectivity index (χ2v) is 4.66. The molecule has 21 heavy (non-hydrogen) atoms. The maximum Gasteiger partial charge on any atom is 0.308 e. The van der Waals surface area contributed by atoms with Crippen molar-refractivity contribution in [3.8, 4) is 11.5 Å². The number of carbonyl (C=O) groups is 3. The number of aromatic hydroxyl groups is 1. The molecule has 0 spiro atoms. The Morgan fingerprint density at radius 1 is 1.10 bits per heavy atom. The first-order valence-corrected chi connectivity index (χ1v) is 6.23. The second-order valence-electron chi connectivity index (χ2n) is 4.66. The normalized spacial score (nSPS) is 13.4. The molecular weight excluding hydrogens is 272 g/mol. The van der Waals surface area contributed by atoms with Crippen LogP contribution in [0.15, 0.2) is 36.4 Å². The standard InChI is InChI=1S/C16H10O5/c1-8(17)21-16-9-3-2-4-12(18)10(9)7-11-13(19)5-6-14(20)15(11)16/h2-7,18H,1H3. The van der Waals surface area contributed by atoms with E-state index in [-0.39, 0.29) is 28.4 Å². The van der Waals surface area contributed by atoms with Gasteiger partial charge in [0.15, 0.2) is 17.3 Å². The first-order valence-electron chi connectivity index (χ1n) is 6.23. The van der Waals surface area contributed by atoms with Crippen molar-refractivity contribution in [3.63, 3.8) is 0 Å². The van der Waals surface area contributed by atoms with Gasteiger partial charge in [0.05, 0.1) is 5.56 Å². The molecule has 0 fully saturated rings.